The van der Waals surface area contributed by atoms with Gasteiger partial charge < -0.3 is 10.0 Å². The van der Waals surface area contributed by atoms with Crippen molar-refractivity contribution in [1.82, 2.24) is 5.01 Å². The number of hydrazine groups is 1. The van der Waals surface area contributed by atoms with E-state index in [1.807, 2.05) is 0 Å². The summed E-state index contributed by atoms with van der Waals surface area (Å²) in [4.78, 5) is 0. The summed E-state index contributed by atoms with van der Waals surface area (Å²) in [6.45, 7) is 1.53. The van der Waals surface area contributed by atoms with Gasteiger partial charge in [0, 0.05) is 13.1 Å². The summed E-state index contributed by atoms with van der Waals surface area (Å²) in [5, 5.41) is 19.2. The molecule has 1 saturated heterocycles. The molecule has 58 valence electrons. The highest BCUT2D eigenvalue weighted by Gasteiger charge is 2.26. The van der Waals surface area contributed by atoms with Gasteiger partial charge in [-0.15, -0.1) is 0 Å². The molecule has 0 aromatic heterocycles. The van der Waals surface area contributed by atoms with Crippen LogP contribution in [0, 0.1) is 0 Å². The van der Waals surface area contributed by atoms with Gasteiger partial charge in [-0.1, -0.05) is 0 Å². The monoisotopic (exact) mass is 144 g/mol. The maximum absolute atomic E-state index is 8.76. The number of nitrogens with two attached hydrogens (primary N) is 1. The molecule has 1 aliphatic rings. The molecular weight excluding hydrogens is 131 g/mol. The van der Waals surface area contributed by atoms with E-state index in [9.17, 15) is 0 Å². The summed E-state index contributed by atoms with van der Waals surface area (Å²) in [7, 11) is -1.16. The lowest BCUT2D eigenvalue weighted by Crippen LogP contribution is -2.40. The molecule has 5 heteroatoms. The number of piperidine rings is 1. The van der Waals surface area contributed by atoms with E-state index in [0.29, 0.717) is 0 Å². The number of hydrogen-bond donors (Lipinski definition) is 3. The highest BCUT2D eigenvalue weighted by Crippen LogP contribution is 2.21. The van der Waals surface area contributed by atoms with E-state index < -0.39 is 7.12 Å². The molecule has 1 rings (SSSR count). The maximum Gasteiger partial charge on any atom is 0.454 e. The van der Waals surface area contributed by atoms with Crippen LogP contribution in [0.25, 0.3) is 0 Å². The minimum Gasteiger partial charge on any atom is -0.427 e. The number of rotatable bonds is 1. The smallest absolute Gasteiger partial charge is 0.427 e. The van der Waals surface area contributed by atoms with Crippen LogP contribution in [-0.2, 0) is 0 Å². The average Bonchev–Trinajstić information content (AvgIpc) is 1.88. The molecule has 0 unspecified atom stereocenters. The van der Waals surface area contributed by atoms with Crippen molar-refractivity contribution in [1.29, 1.82) is 0 Å². The predicted octanol–water partition coefficient (Wildman–Crippen LogP) is -1.20. The van der Waals surface area contributed by atoms with E-state index in [0.717, 1.165) is 25.9 Å². The van der Waals surface area contributed by atoms with Gasteiger partial charge in [-0.3, -0.25) is 5.84 Å². The first-order chi connectivity index (χ1) is 4.70. The van der Waals surface area contributed by atoms with E-state index in [1.165, 1.54) is 0 Å². The van der Waals surface area contributed by atoms with Gasteiger partial charge in [-0.2, -0.15) is 0 Å². The Balaban J connectivity index is 2.26. The third-order valence-corrected chi connectivity index (χ3v) is 2.00. The Kier molecular flexibility index (Phi) is 2.68. The third-order valence-electron chi connectivity index (χ3n) is 2.00. The quantitative estimate of drug-likeness (QED) is 0.319. The van der Waals surface area contributed by atoms with E-state index in [4.69, 9.17) is 15.9 Å². The number of nitrogens with zero attached hydrogens (tertiary/aromatic N) is 1. The van der Waals surface area contributed by atoms with Crippen molar-refractivity contribution in [2.45, 2.75) is 18.7 Å². The maximum atomic E-state index is 8.76. The molecule has 0 bridgehead atoms. The van der Waals surface area contributed by atoms with Crippen LogP contribution in [0.1, 0.15) is 12.8 Å². The molecule has 10 heavy (non-hydrogen) atoms. The van der Waals surface area contributed by atoms with Gasteiger partial charge in [0.1, 0.15) is 0 Å². The van der Waals surface area contributed by atoms with E-state index >= 15 is 0 Å². The lowest BCUT2D eigenvalue weighted by Gasteiger charge is -2.27. The molecule has 1 fully saturated rings. The molecule has 0 radical (unpaired) electrons. The largest absolute Gasteiger partial charge is 0.454 e. The normalized spacial score (nSPS) is 23.1. The standard InChI is InChI=1S/C5H13BN2O2/c7-8-3-1-5(2-4-8)6(9)10/h5,9-10H,1-4,7H2. The molecule has 4 nitrogen and oxygen atoms in total. The summed E-state index contributed by atoms with van der Waals surface area (Å²) in [5.41, 5.74) is 0. The minimum atomic E-state index is -1.16. The lowest BCUT2D eigenvalue weighted by atomic mass is 9.68. The van der Waals surface area contributed by atoms with Crippen LogP contribution in [0.4, 0.5) is 0 Å². The summed E-state index contributed by atoms with van der Waals surface area (Å²) < 4.78 is 0. The first kappa shape index (κ1) is 8.01. The van der Waals surface area contributed by atoms with Crippen LogP contribution < -0.4 is 5.84 Å². The van der Waals surface area contributed by atoms with Gasteiger partial charge in [-0.05, 0) is 18.7 Å². The molecule has 0 amide bonds. The molecule has 0 aliphatic carbocycles. The highest BCUT2D eigenvalue weighted by atomic mass is 16.4. The zero-order valence-corrected chi connectivity index (χ0v) is 5.90. The van der Waals surface area contributed by atoms with Crippen molar-refractivity contribution in [3.05, 3.63) is 0 Å². The molecule has 0 saturated carbocycles. The molecule has 0 aromatic carbocycles. The van der Waals surface area contributed by atoms with E-state index in [1.54, 1.807) is 5.01 Å². The molecular formula is C5H13BN2O2. The van der Waals surface area contributed by atoms with E-state index in [-0.39, 0.29) is 5.82 Å². The van der Waals surface area contributed by atoms with Gasteiger partial charge in [0.25, 0.3) is 0 Å². The van der Waals surface area contributed by atoms with Crippen molar-refractivity contribution in [3.8, 4) is 0 Å². The van der Waals surface area contributed by atoms with E-state index in [2.05, 4.69) is 0 Å². The molecule has 0 atom stereocenters. The van der Waals surface area contributed by atoms with Crippen molar-refractivity contribution in [2.24, 2.45) is 5.84 Å². The molecule has 4 N–H and O–H groups in total. The summed E-state index contributed by atoms with van der Waals surface area (Å²) in [5.74, 6) is 5.49. The second-order valence-electron chi connectivity index (χ2n) is 2.79. The van der Waals surface area contributed by atoms with Crippen LogP contribution in [0.3, 0.4) is 0 Å². The summed E-state index contributed by atoms with van der Waals surface area (Å²) >= 11 is 0. The minimum absolute atomic E-state index is 0.0276. The van der Waals surface area contributed by atoms with Gasteiger partial charge in [0.05, 0.1) is 0 Å². The Bertz CT molecular complexity index is 104. The summed E-state index contributed by atoms with van der Waals surface area (Å²) in [6.07, 6.45) is 1.57. The third kappa shape index (κ3) is 1.95. The molecule has 1 aliphatic heterocycles. The van der Waals surface area contributed by atoms with Crippen molar-refractivity contribution in [3.63, 3.8) is 0 Å². The molecule has 0 spiro atoms. The fraction of sp³-hybridized carbons (Fsp3) is 1.00. The van der Waals surface area contributed by atoms with Gasteiger partial charge >= 0.3 is 7.12 Å². The first-order valence-electron chi connectivity index (χ1n) is 3.56. The highest BCUT2D eigenvalue weighted by molar-refractivity contribution is 6.43. The van der Waals surface area contributed by atoms with Gasteiger partial charge in [-0.25, -0.2) is 5.01 Å². The average molecular weight is 144 g/mol. The summed E-state index contributed by atoms with van der Waals surface area (Å²) in [6, 6.07) is 0. The lowest BCUT2D eigenvalue weighted by molar-refractivity contribution is 0.219. The van der Waals surface area contributed by atoms with Crippen LogP contribution in [0.5, 0.6) is 0 Å². The van der Waals surface area contributed by atoms with Crippen LogP contribution >= 0.6 is 0 Å². The topological polar surface area (TPSA) is 69.7 Å². The van der Waals surface area contributed by atoms with Crippen LogP contribution in [0.2, 0.25) is 5.82 Å². The SMILES string of the molecule is NN1CCC(B(O)O)CC1. The number of hydrogen-bond acceptors (Lipinski definition) is 4. The van der Waals surface area contributed by atoms with Gasteiger partial charge in [0.2, 0.25) is 0 Å². The van der Waals surface area contributed by atoms with Crippen molar-refractivity contribution in [2.75, 3.05) is 13.1 Å². The Morgan fingerprint density at radius 1 is 1.30 bits per heavy atom. The second kappa shape index (κ2) is 3.34. The zero-order valence-electron chi connectivity index (χ0n) is 5.90. The molecule has 0 aromatic rings. The Hall–Kier alpha value is -0.0951. The first-order valence-corrected chi connectivity index (χ1v) is 3.56. The second-order valence-corrected chi connectivity index (χ2v) is 2.79. The van der Waals surface area contributed by atoms with Crippen molar-refractivity contribution >= 4 is 7.12 Å². The van der Waals surface area contributed by atoms with Gasteiger partial charge in [0.15, 0.2) is 0 Å². The van der Waals surface area contributed by atoms with Crippen LogP contribution in [0.15, 0.2) is 0 Å². The Morgan fingerprint density at radius 2 is 1.80 bits per heavy atom. The fourth-order valence-corrected chi connectivity index (χ4v) is 1.22. The zero-order chi connectivity index (χ0) is 7.56. The fourth-order valence-electron chi connectivity index (χ4n) is 1.22. The Morgan fingerprint density at radius 3 is 2.20 bits per heavy atom. The predicted molar refractivity (Wildman–Crippen MR) is 38.9 cm³/mol. The molecule has 1 heterocycles. The van der Waals surface area contributed by atoms with Crippen molar-refractivity contribution < 1.29 is 10.0 Å². The van der Waals surface area contributed by atoms with Crippen LogP contribution in [-0.4, -0.2) is 35.3 Å². The Labute approximate surface area is 60.7 Å².